The van der Waals surface area contributed by atoms with Gasteiger partial charge in [-0.05, 0) is 64.2 Å². The number of amides is 1. The van der Waals surface area contributed by atoms with Crippen LogP contribution in [0.5, 0.6) is 0 Å². The predicted molar refractivity (Wildman–Crippen MR) is 110 cm³/mol. The van der Waals surface area contributed by atoms with Gasteiger partial charge in [-0.25, -0.2) is 4.79 Å². The maximum Gasteiger partial charge on any atom is 0.410 e. The first kappa shape index (κ1) is 22.4. The van der Waals surface area contributed by atoms with Crippen molar-refractivity contribution in [1.29, 1.82) is 0 Å². The number of esters is 1. The Bertz CT molecular complexity index is 599. The van der Waals surface area contributed by atoms with Crippen molar-refractivity contribution in [2.45, 2.75) is 104 Å². The first-order valence-corrected chi connectivity index (χ1v) is 11.4. The van der Waals surface area contributed by atoms with Crippen LogP contribution in [-0.2, 0) is 19.0 Å². The van der Waals surface area contributed by atoms with Gasteiger partial charge >= 0.3 is 12.1 Å². The fraction of sp³-hybridized carbons (Fsp3) is 0.913. The van der Waals surface area contributed by atoms with Crippen LogP contribution in [0.15, 0.2) is 0 Å². The highest BCUT2D eigenvalue weighted by Gasteiger charge is 2.48. The number of rotatable bonds is 4. The molecule has 29 heavy (non-hydrogen) atoms. The van der Waals surface area contributed by atoms with Gasteiger partial charge in [0.15, 0.2) is 0 Å². The molecule has 2 aliphatic heterocycles. The van der Waals surface area contributed by atoms with Gasteiger partial charge in [0.05, 0.1) is 18.4 Å². The van der Waals surface area contributed by atoms with Crippen molar-refractivity contribution in [3.05, 3.63) is 0 Å². The number of hydrogen-bond acceptors (Lipinski definition) is 5. The van der Waals surface area contributed by atoms with Crippen molar-refractivity contribution in [3.63, 3.8) is 0 Å². The van der Waals surface area contributed by atoms with Crippen LogP contribution >= 0.6 is 0 Å². The van der Waals surface area contributed by atoms with Crippen molar-refractivity contribution in [1.82, 2.24) is 4.90 Å². The Morgan fingerprint density at radius 3 is 2.59 bits per heavy atom. The molecule has 0 aromatic rings. The van der Waals surface area contributed by atoms with Crippen molar-refractivity contribution < 1.29 is 23.8 Å². The Labute approximate surface area is 175 Å². The Kier molecular flexibility index (Phi) is 6.81. The van der Waals surface area contributed by atoms with E-state index in [9.17, 15) is 9.59 Å². The summed E-state index contributed by atoms with van der Waals surface area (Å²) in [7, 11) is 0. The number of cyclic esters (lactones) is 1. The number of likely N-dealkylation sites (tertiary alicyclic amines) is 1. The molecular weight excluding hydrogens is 370 g/mol. The first-order valence-electron chi connectivity index (χ1n) is 11.4. The quantitative estimate of drug-likeness (QED) is 0.627. The third-order valence-electron chi connectivity index (χ3n) is 6.69. The minimum absolute atomic E-state index is 0.0696. The molecule has 3 aliphatic rings. The van der Waals surface area contributed by atoms with Gasteiger partial charge < -0.3 is 19.1 Å². The topological polar surface area (TPSA) is 65.1 Å². The summed E-state index contributed by atoms with van der Waals surface area (Å²) < 4.78 is 17.7. The molecule has 6 heteroatoms. The fourth-order valence-electron chi connectivity index (χ4n) is 5.23. The maximum atomic E-state index is 12.7. The van der Waals surface area contributed by atoms with E-state index in [0.29, 0.717) is 30.7 Å². The van der Waals surface area contributed by atoms with Gasteiger partial charge in [-0.3, -0.25) is 4.79 Å². The summed E-state index contributed by atoms with van der Waals surface area (Å²) in [6, 6.07) is -0.0696. The Balaban J connectivity index is 1.72. The number of carbonyl (C=O) groups excluding carboxylic acids is 2. The third kappa shape index (κ3) is 5.44. The highest BCUT2D eigenvalue weighted by molar-refractivity contribution is 5.73. The highest BCUT2D eigenvalue weighted by atomic mass is 16.7. The number of nitrogens with zero attached hydrogens (tertiary/aromatic N) is 1. The SMILES string of the molecule is CC(C)[C@@H]1CC[C@@H](C)C[C@H]1O[C@@H]1OC(=O)C[C@H]1[C@@H]1CCCN1C(=O)OC(C)(C)C. The van der Waals surface area contributed by atoms with Crippen LogP contribution in [0.1, 0.15) is 80.1 Å². The monoisotopic (exact) mass is 409 g/mol. The Morgan fingerprint density at radius 2 is 1.93 bits per heavy atom. The van der Waals surface area contributed by atoms with Crippen molar-refractivity contribution >= 4 is 12.1 Å². The van der Waals surface area contributed by atoms with E-state index in [2.05, 4.69) is 20.8 Å². The fourth-order valence-corrected chi connectivity index (χ4v) is 5.23. The van der Waals surface area contributed by atoms with Gasteiger partial charge in [0, 0.05) is 12.6 Å². The van der Waals surface area contributed by atoms with Gasteiger partial charge in [-0.1, -0.05) is 27.2 Å². The summed E-state index contributed by atoms with van der Waals surface area (Å²) in [5.74, 6) is 1.29. The van der Waals surface area contributed by atoms with Crippen LogP contribution in [0.3, 0.4) is 0 Å². The lowest BCUT2D eigenvalue weighted by atomic mass is 9.75. The van der Waals surface area contributed by atoms with Gasteiger partial charge in [-0.15, -0.1) is 0 Å². The van der Waals surface area contributed by atoms with Crippen LogP contribution in [0, 0.1) is 23.7 Å². The molecule has 3 fully saturated rings. The van der Waals surface area contributed by atoms with E-state index in [1.807, 2.05) is 20.8 Å². The highest BCUT2D eigenvalue weighted by Crippen LogP contribution is 2.40. The molecule has 0 spiro atoms. The molecule has 1 saturated carbocycles. The number of ether oxygens (including phenoxy) is 3. The Hall–Kier alpha value is -1.30. The average Bonchev–Trinajstić information content (AvgIpc) is 3.19. The second-order valence-electron chi connectivity index (χ2n) is 10.6. The van der Waals surface area contributed by atoms with Crippen molar-refractivity contribution in [2.75, 3.05) is 6.54 Å². The lowest BCUT2D eigenvalue weighted by molar-refractivity contribution is -0.199. The van der Waals surface area contributed by atoms with Crippen LogP contribution < -0.4 is 0 Å². The second kappa shape index (κ2) is 8.83. The van der Waals surface area contributed by atoms with Crippen LogP contribution in [0.25, 0.3) is 0 Å². The molecule has 1 aliphatic carbocycles. The molecule has 2 saturated heterocycles. The van der Waals surface area contributed by atoms with Gasteiger partial charge in [0.2, 0.25) is 6.29 Å². The molecule has 0 unspecified atom stereocenters. The largest absolute Gasteiger partial charge is 0.444 e. The van der Waals surface area contributed by atoms with Gasteiger partial charge in [0.25, 0.3) is 0 Å². The number of carbonyl (C=O) groups is 2. The van der Waals surface area contributed by atoms with Crippen LogP contribution in [-0.4, -0.2) is 47.5 Å². The molecule has 1 amide bonds. The molecule has 6 nitrogen and oxygen atoms in total. The zero-order chi connectivity index (χ0) is 21.3. The number of hydrogen-bond donors (Lipinski definition) is 0. The van der Waals surface area contributed by atoms with E-state index < -0.39 is 11.9 Å². The summed E-state index contributed by atoms with van der Waals surface area (Å²) in [5.41, 5.74) is -0.537. The molecule has 166 valence electrons. The molecule has 0 radical (unpaired) electrons. The summed E-state index contributed by atoms with van der Waals surface area (Å²) >= 11 is 0. The normalized spacial score (nSPS) is 35.8. The van der Waals surface area contributed by atoms with E-state index in [1.165, 1.54) is 6.42 Å². The molecule has 0 aromatic carbocycles. The van der Waals surface area contributed by atoms with E-state index >= 15 is 0 Å². The predicted octanol–water partition coefficient (Wildman–Crippen LogP) is 4.75. The van der Waals surface area contributed by atoms with Crippen molar-refractivity contribution in [2.24, 2.45) is 23.7 Å². The summed E-state index contributed by atoms with van der Waals surface area (Å²) in [4.78, 5) is 26.7. The van der Waals surface area contributed by atoms with Gasteiger partial charge in [-0.2, -0.15) is 0 Å². The zero-order valence-corrected chi connectivity index (χ0v) is 19.0. The lowest BCUT2D eigenvalue weighted by Gasteiger charge is -2.40. The third-order valence-corrected chi connectivity index (χ3v) is 6.69. The van der Waals surface area contributed by atoms with Crippen molar-refractivity contribution in [3.8, 4) is 0 Å². The molecular formula is C23H39NO5. The minimum Gasteiger partial charge on any atom is -0.444 e. The molecule has 3 rings (SSSR count). The summed E-state index contributed by atoms with van der Waals surface area (Å²) in [6.45, 7) is 13.0. The molecule has 0 aromatic heterocycles. The zero-order valence-electron chi connectivity index (χ0n) is 19.0. The van der Waals surface area contributed by atoms with E-state index in [4.69, 9.17) is 14.2 Å². The Morgan fingerprint density at radius 1 is 1.21 bits per heavy atom. The molecule has 0 N–H and O–H groups in total. The minimum atomic E-state index is -0.563. The maximum absolute atomic E-state index is 12.7. The van der Waals surface area contributed by atoms with Gasteiger partial charge in [0.1, 0.15) is 5.60 Å². The molecule has 2 heterocycles. The van der Waals surface area contributed by atoms with E-state index in [0.717, 1.165) is 25.7 Å². The van der Waals surface area contributed by atoms with Crippen LogP contribution in [0.4, 0.5) is 4.79 Å². The molecule has 6 atom stereocenters. The smallest absolute Gasteiger partial charge is 0.410 e. The summed E-state index contributed by atoms with van der Waals surface area (Å²) in [6.07, 6.45) is 4.71. The summed E-state index contributed by atoms with van der Waals surface area (Å²) in [5, 5.41) is 0. The van der Waals surface area contributed by atoms with E-state index in [1.54, 1.807) is 4.90 Å². The van der Waals surface area contributed by atoms with Crippen LogP contribution in [0.2, 0.25) is 0 Å². The molecule has 0 bridgehead atoms. The lowest BCUT2D eigenvalue weighted by Crippen LogP contribution is -2.47. The first-order chi connectivity index (χ1) is 13.5. The van der Waals surface area contributed by atoms with E-state index in [-0.39, 0.29) is 30.1 Å². The second-order valence-corrected chi connectivity index (χ2v) is 10.6. The standard InChI is InChI=1S/C23H39NO5/c1-14(2)16-10-9-15(3)12-19(16)27-21-17(13-20(25)28-21)18-8-7-11-24(18)22(26)29-23(4,5)6/h14-19,21H,7-13H2,1-6H3/t15-,16+,17+,18+,19-,21-/m1/s1. The average molecular weight is 410 g/mol.